The SMILES string of the molecule is O=S1(=O)CC2(CC(Nc3nccc(-c4sc(N5C6CCC5CNC6)nc4-c4cccc(NS(=O)(=O)c5c(F)cccc5C(F)(F)F)c4F)n3)C2)C1. The van der Waals surface area contributed by atoms with Gasteiger partial charge in [0.1, 0.15) is 10.7 Å². The van der Waals surface area contributed by atoms with Gasteiger partial charge in [-0.3, -0.25) is 4.72 Å². The Labute approximate surface area is 293 Å². The molecule has 1 saturated carbocycles. The number of hydrogen-bond acceptors (Lipinski definition) is 11. The number of aromatic nitrogens is 3. The van der Waals surface area contributed by atoms with E-state index in [1.165, 1.54) is 29.7 Å². The smallest absolute Gasteiger partial charge is 0.351 e. The molecule has 2 aromatic heterocycles. The zero-order valence-corrected chi connectivity index (χ0v) is 29.0. The lowest BCUT2D eigenvalue weighted by Gasteiger charge is -2.53. The maximum atomic E-state index is 16.4. The van der Waals surface area contributed by atoms with Crippen LogP contribution in [0.25, 0.3) is 21.8 Å². The molecule has 4 aromatic rings. The number of sulfonamides is 1. The molecular formula is C32H30F5N7O4S3. The van der Waals surface area contributed by atoms with Crippen molar-refractivity contribution in [2.24, 2.45) is 5.41 Å². The molecule has 270 valence electrons. The lowest BCUT2D eigenvalue weighted by molar-refractivity contribution is -0.140. The number of benzene rings is 2. The lowest BCUT2D eigenvalue weighted by atomic mass is 9.67. The number of thiazole rings is 1. The molecule has 4 fully saturated rings. The first-order valence-electron chi connectivity index (χ1n) is 16.1. The van der Waals surface area contributed by atoms with Crippen LogP contribution in [0.15, 0.2) is 53.6 Å². The van der Waals surface area contributed by atoms with Crippen LogP contribution >= 0.6 is 11.3 Å². The van der Waals surface area contributed by atoms with E-state index in [1.54, 1.807) is 6.07 Å². The normalized spacial score (nSPS) is 22.4. The maximum Gasteiger partial charge on any atom is 0.417 e. The van der Waals surface area contributed by atoms with Gasteiger partial charge in [0.15, 0.2) is 20.8 Å². The molecule has 5 heterocycles. The summed E-state index contributed by atoms with van der Waals surface area (Å²) >= 11 is 1.27. The van der Waals surface area contributed by atoms with Gasteiger partial charge in [-0.25, -0.2) is 40.6 Å². The van der Waals surface area contributed by atoms with Gasteiger partial charge in [0.25, 0.3) is 10.0 Å². The highest BCUT2D eigenvalue weighted by Crippen LogP contribution is 2.51. The van der Waals surface area contributed by atoms with Crippen molar-refractivity contribution in [3.8, 4) is 21.8 Å². The predicted molar refractivity (Wildman–Crippen MR) is 181 cm³/mol. The first kappa shape index (κ1) is 34.2. The third-order valence-electron chi connectivity index (χ3n) is 9.89. The van der Waals surface area contributed by atoms with Crippen LogP contribution < -0.4 is 20.3 Å². The highest BCUT2D eigenvalue weighted by Gasteiger charge is 2.56. The average Bonchev–Trinajstić information content (AvgIpc) is 3.57. The Balaban J connectivity index is 1.15. The van der Waals surface area contributed by atoms with Crippen LogP contribution in [0, 0.1) is 17.0 Å². The zero-order chi connectivity index (χ0) is 35.9. The minimum absolute atomic E-state index is 0.0295. The summed E-state index contributed by atoms with van der Waals surface area (Å²) in [5, 5.41) is 7.27. The molecule has 1 spiro atoms. The number of halogens is 5. The first-order chi connectivity index (χ1) is 24.1. The Bertz CT molecular complexity index is 2230. The molecule has 1 aliphatic carbocycles. The zero-order valence-electron chi connectivity index (χ0n) is 26.5. The third-order valence-corrected chi connectivity index (χ3v) is 14.5. The number of hydrogen-bond donors (Lipinski definition) is 3. The van der Waals surface area contributed by atoms with Crippen molar-refractivity contribution in [2.45, 2.75) is 54.9 Å². The second-order valence-electron chi connectivity index (χ2n) is 13.6. The summed E-state index contributed by atoms with van der Waals surface area (Å²) in [6.07, 6.45) is -0.507. The standard InChI is InChI=1S/C32H30F5N7O4S3/c33-22-5-2-4-21(32(35,36)37)28(22)51(47,48)43-23-6-1-3-20(25(23)34)26-27(49-30(42-26)44-18-7-8-19(44)14-38-13-18)24-9-10-39-29(41-24)40-17-11-31(12-17)15-50(45,46)16-31/h1-6,9-10,17-19,38,43H,7-8,11-16H2,(H,39,40,41). The van der Waals surface area contributed by atoms with Gasteiger partial charge in [0.2, 0.25) is 5.95 Å². The number of alkyl halides is 3. The van der Waals surface area contributed by atoms with Gasteiger partial charge in [-0.15, -0.1) is 0 Å². The second kappa shape index (κ2) is 12.1. The molecule has 0 amide bonds. The van der Waals surface area contributed by atoms with Crippen molar-refractivity contribution in [2.75, 3.05) is 39.5 Å². The number of rotatable bonds is 8. The van der Waals surface area contributed by atoms with Crippen LogP contribution in [0.4, 0.5) is 38.7 Å². The molecule has 11 nitrogen and oxygen atoms in total. The van der Waals surface area contributed by atoms with E-state index >= 15 is 4.39 Å². The number of nitrogens with one attached hydrogen (secondary N) is 3. The number of fused-ring (bicyclic) bond motifs is 2. The molecule has 8 rings (SSSR count). The van der Waals surface area contributed by atoms with E-state index in [-0.39, 0.29) is 52.3 Å². The maximum absolute atomic E-state index is 16.4. The Morgan fingerprint density at radius 1 is 0.980 bits per heavy atom. The third kappa shape index (κ3) is 6.20. The van der Waals surface area contributed by atoms with E-state index in [1.807, 2.05) is 4.72 Å². The van der Waals surface area contributed by atoms with E-state index < -0.39 is 53.8 Å². The Morgan fingerprint density at radius 2 is 1.69 bits per heavy atom. The quantitative estimate of drug-likeness (QED) is 0.202. The topological polar surface area (TPSA) is 146 Å². The molecular weight excluding hydrogens is 738 g/mol. The van der Waals surface area contributed by atoms with Gasteiger partial charge in [-0.05, 0) is 56.0 Å². The first-order valence-corrected chi connectivity index (χ1v) is 20.2. The van der Waals surface area contributed by atoms with E-state index in [2.05, 4.69) is 20.5 Å². The van der Waals surface area contributed by atoms with Crippen LogP contribution in [-0.2, 0) is 26.0 Å². The van der Waals surface area contributed by atoms with Gasteiger partial charge in [0, 0.05) is 48.4 Å². The molecule has 2 atom stereocenters. The fourth-order valence-corrected chi connectivity index (χ4v) is 12.6. The Morgan fingerprint density at radius 3 is 2.37 bits per heavy atom. The predicted octanol–water partition coefficient (Wildman–Crippen LogP) is 5.29. The number of piperazine rings is 1. The fraction of sp³-hybridized carbons (Fsp3) is 0.406. The van der Waals surface area contributed by atoms with Crippen molar-refractivity contribution in [1.29, 1.82) is 0 Å². The number of anilines is 3. The summed E-state index contributed by atoms with van der Waals surface area (Å²) in [7, 11) is -8.24. The van der Waals surface area contributed by atoms with Crippen molar-refractivity contribution < 1.29 is 38.8 Å². The molecule has 4 aliphatic rings. The van der Waals surface area contributed by atoms with E-state index in [9.17, 15) is 34.4 Å². The monoisotopic (exact) mass is 767 g/mol. The van der Waals surface area contributed by atoms with Crippen LogP contribution in [0.2, 0.25) is 0 Å². The van der Waals surface area contributed by atoms with E-state index in [0.717, 1.165) is 38.1 Å². The van der Waals surface area contributed by atoms with E-state index in [0.29, 0.717) is 40.7 Å². The molecule has 2 aromatic carbocycles. The molecule has 3 saturated heterocycles. The van der Waals surface area contributed by atoms with Gasteiger partial charge in [0.05, 0.1) is 39.0 Å². The van der Waals surface area contributed by atoms with Crippen molar-refractivity contribution >= 4 is 48.0 Å². The lowest BCUT2D eigenvalue weighted by Crippen LogP contribution is -2.60. The number of nitrogens with zero attached hydrogens (tertiary/aromatic N) is 4. The average molecular weight is 768 g/mol. The van der Waals surface area contributed by atoms with E-state index in [4.69, 9.17) is 9.97 Å². The summed E-state index contributed by atoms with van der Waals surface area (Å²) in [6, 6.07) is 7.35. The number of sulfone groups is 1. The molecule has 0 radical (unpaired) electrons. The largest absolute Gasteiger partial charge is 0.417 e. The van der Waals surface area contributed by atoms with Gasteiger partial charge >= 0.3 is 6.18 Å². The molecule has 2 bridgehead atoms. The Hall–Kier alpha value is -3.94. The molecule has 3 N–H and O–H groups in total. The Kier molecular flexibility index (Phi) is 8.08. The summed E-state index contributed by atoms with van der Waals surface area (Å²) in [6.45, 7) is 1.46. The fourth-order valence-electron chi connectivity index (χ4n) is 7.81. The van der Waals surface area contributed by atoms with Crippen molar-refractivity contribution in [3.05, 3.63) is 65.9 Å². The minimum Gasteiger partial charge on any atom is -0.351 e. The minimum atomic E-state index is -5.27. The molecule has 3 aliphatic heterocycles. The molecule has 19 heteroatoms. The summed E-state index contributed by atoms with van der Waals surface area (Å²) in [5.74, 6) is -2.15. The summed E-state index contributed by atoms with van der Waals surface area (Å²) in [4.78, 5) is 14.9. The highest BCUT2D eigenvalue weighted by molar-refractivity contribution is 7.93. The summed E-state index contributed by atoms with van der Waals surface area (Å²) in [5.41, 5.74) is -2.28. The van der Waals surface area contributed by atoms with Gasteiger partial charge in [-0.1, -0.05) is 23.5 Å². The van der Waals surface area contributed by atoms with Crippen LogP contribution in [0.1, 0.15) is 31.2 Å². The van der Waals surface area contributed by atoms with Gasteiger partial charge < -0.3 is 15.5 Å². The molecule has 2 unspecified atom stereocenters. The van der Waals surface area contributed by atoms with Crippen LogP contribution in [0.3, 0.4) is 0 Å². The van der Waals surface area contributed by atoms with Crippen LogP contribution in [-0.4, -0.2) is 74.5 Å². The van der Waals surface area contributed by atoms with Crippen LogP contribution in [0.5, 0.6) is 0 Å². The van der Waals surface area contributed by atoms with Crippen molar-refractivity contribution in [1.82, 2.24) is 20.3 Å². The highest BCUT2D eigenvalue weighted by atomic mass is 32.2. The summed E-state index contributed by atoms with van der Waals surface area (Å²) < 4.78 is 124. The van der Waals surface area contributed by atoms with Crippen molar-refractivity contribution in [3.63, 3.8) is 0 Å². The molecule has 51 heavy (non-hydrogen) atoms. The second-order valence-corrected chi connectivity index (χ2v) is 18.2. The van der Waals surface area contributed by atoms with Gasteiger partial charge in [-0.2, -0.15) is 13.2 Å².